The van der Waals surface area contributed by atoms with E-state index < -0.39 is 11.9 Å². The molecule has 0 aliphatic heterocycles. The summed E-state index contributed by atoms with van der Waals surface area (Å²) in [5, 5.41) is 11.2. The number of benzene rings is 2. The molecule has 3 aromatic rings. The number of carboxylic acid groups (broad SMARTS) is 1. The molecule has 1 saturated carbocycles. The Balaban J connectivity index is 1.35. The minimum absolute atomic E-state index is 0.0232. The van der Waals surface area contributed by atoms with Gasteiger partial charge in [-0.05, 0) is 47.0 Å². The maximum absolute atomic E-state index is 13.8. The summed E-state index contributed by atoms with van der Waals surface area (Å²) in [5.41, 5.74) is 2.04. The van der Waals surface area contributed by atoms with E-state index in [-0.39, 0.29) is 35.1 Å². The summed E-state index contributed by atoms with van der Waals surface area (Å²) < 4.78 is 25.4. The van der Waals surface area contributed by atoms with E-state index in [1.54, 1.807) is 0 Å². The Kier molecular flexibility index (Phi) is 6.88. The van der Waals surface area contributed by atoms with Crippen LogP contribution in [0.5, 0.6) is 11.5 Å². The summed E-state index contributed by atoms with van der Waals surface area (Å²) >= 11 is 5.72. The van der Waals surface area contributed by atoms with Crippen molar-refractivity contribution in [2.75, 3.05) is 0 Å². The van der Waals surface area contributed by atoms with Gasteiger partial charge in [-0.15, -0.1) is 0 Å². The van der Waals surface area contributed by atoms with Gasteiger partial charge in [-0.25, -0.2) is 19.2 Å². The normalized spacial score (nSPS) is 17.5. The van der Waals surface area contributed by atoms with Crippen LogP contribution in [0.1, 0.15) is 43.5 Å². The molecule has 1 aromatic heterocycles. The number of halogens is 2. The van der Waals surface area contributed by atoms with Crippen LogP contribution >= 0.6 is 11.6 Å². The summed E-state index contributed by atoms with van der Waals surface area (Å²) in [7, 11) is 0. The number of amides is 1. The topological polar surface area (TPSA) is 93.6 Å². The highest BCUT2D eigenvalue weighted by Crippen LogP contribution is 2.34. The van der Waals surface area contributed by atoms with Gasteiger partial charge in [0, 0.05) is 24.3 Å². The van der Waals surface area contributed by atoms with Crippen LogP contribution in [-0.4, -0.2) is 33.3 Å². The molecule has 0 bridgehead atoms. The quantitative estimate of drug-likeness (QED) is 0.418. The van der Waals surface area contributed by atoms with Crippen molar-refractivity contribution in [3.63, 3.8) is 0 Å². The van der Waals surface area contributed by atoms with Crippen LogP contribution in [0.2, 0.25) is 5.28 Å². The van der Waals surface area contributed by atoms with Crippen molar-refractivity contribution in [1.29, 1.82) is 0 Å². The third-order valence-corrected chi connectivity index (χ3v) is 6.22. The Morgan fingerprint density at radius 3 is 2.29 bits per heavy atom. The van der Waals surface area contributed by atoms with E-state index in [0.29, 0.717) is 18.6 Å². The SMILES string of the molecule is CC(C)(c1ccc(OCc2nc(Cl)ncc2F)cc1)c1ccc(OC2CC(NC(=O)O)C2)cc1. The molecule has 1 amide bonds. The lowest BCUT2D eigenvalue weighted by atomic mass is 9.78. The highest BCUT2D eigenvalue weighted by molar-refractivity contribution is 6.28. The highest BCUT2D eigenvalue weighted by Gasteiger charge is 2.32. The average molecular weight is 486 g/mol. The molecule has 0 spiro atoms. The molecule has 4 rings (SSSR count). The number of carbonyl (C=O) groups is 1. The van der Waals surface area contributed by atoms with E-state index in [9.17, 15) is 9.18 Å². The van der Waals surface area contributed by atoms with Gasteiger partial charge < -0.3 is 19.9 Å². The van der Waals surface area contributed by atoms with Gasteiger partial charge in [-0.2, -0.15) is 0 Å². The van der Waals surface area contributed by atoms with E-state index in [4.69, 9.17) is 26.2 Å². The molecule has 0 atom stereocenters. The molecule has 2 aromatic carbocycles. The van der Waals surface area contributed by atoms with Gasteiger partial charge in [0.15, 0.2) is 5.82 Å². The van der Waals surface area contributed by atoms with Crippen molar-refractivity contribution >= 4 is 17.7 Å². The summed E-state index contributed by atoms with van der Waals surface area (Å²) in [6.07, 6.45) is 1.39. The molecular weight excluding hydrogens is 461 g/mol. The number of nitrogens with one attached hydrogen (secondary N) is 1. The molecule has 0 saturated heterocycles. The van der Waals surface area contributed by atoms with Gasteiger partial charge in [-0.3, -0.25) is 0 Å². The van der Waals surface area contributed by atoms with E-state index >= 15 is 0 Å². The Morgan fingerprint density at radius 1 is 1.12 bits per heavy atom. The zero-order valence-corrected chi connectivity index (χ0v) is 19.6. The van der Waals surface area contributed by atoms with Crippen LogP contribution in [-0.2, 0) is 12.0 Å². The predicted octanol–water partition coefficient (Wildman–Crippen LogP) is 5.35. The Labute approximate surface area is 201 Å². The van der Waals surface area contributed by atoms with E-state index in [1.807, 2.05) is 48.5 Å². The lowest BCUT2D eigenvalue weighted by molar-refractivity contribution is 0.0833. The first-order chi connectivity index (χ1) is 16.2. The number of aromatic nitrogens is 2. The monoisotopic (exact) mass is 485 g/mol. The summed E-state index contributed by atoms with van der Waals surface area (Å²) in [6, 6.07) is 15.5. The van der Waals surface area contributed by atoms with Crippen LogP contribution < -0.4 is 14.8 Å². The lowest BCUT2D eigenvalue weighted by Gasteiger charge is -2.35. The Bertz CT molecular complexity index is 1150. The predicted molar refractivity (Wildman–Crippen MR) is 125 cm³/mol. The minimum atomic E-state index is -1.00. The van der Waals surface area contributed by atoms with Crippen molar-refractivity contribution < 1.29 is 23.8 Å². The smallest absolute Gasteiger partial charge is 0.404 e. The maximum Gasteiger partial charge on any atom is 0.404 e. The fourth-order valence-electron chi connectivity index (χ4n) is 3.86. The summed E-state index contributed by atoms with van der Waals surface area (Å²) in [5.74, 6) is 0.788. The first-order valence-corrected chi connectivity index (χ1v) is 11.3. The van der Waals surface area contributed by atoms with Gasteiger partial charge in [0.05, 0.1) is 6.20 Å². The Morgan fingerprint density at radius 2 is 1.71 bits per heavy atom. The van der Waals surface area contributed by atoms with Crippen LogP contribution in [0.4, 0.5) is 9.18 Å². The van der Waals surface area contributed by atoms with Gasteiger partial charge in [-0.1, -0.05) is 38.1 Å². The number of nitrogens with zero attached hydrogens (tertiary/aromatic N) is 2. The first kappa shape index (κ1) is 23.8. The van der Waals surface area contributed by atoms with Gasteiger partial charge in [0.1, 0.15) is 29.9 Å². The van der Waals surface area contributed by atoms with Gasteiger partial charge in [0.2, 0.25) is 5.28 Å². The molecule has 1 fully saturated rings. The van der Waals surface area contributed by atoms with Crippen molar-refractivity contribution in [3.05, 3.63) is 82.6 Å². The summed E-state index contributed by atoms with van der Waals surface area (Å²) in [4.78, 5) is 18.1. The standard InChI is InChI=1S/C25H25ClFN3O4/c1-25(2,16-5-9-19(10-6-16)34-20-11-17(12-20)29-24(31)32)15-3-7-18(8-4-15)33-14-22-21(27)13-28-23(26)30-22/h3-10,13,17,20,29H,11-12,14H2,1-2H3,(H,31,32). The van der Waals surface area contributed by atoms with Crippen molar-refractivity contribution in [2.24, 2.45) is 0 Å². The molecule has 7 nitrogen and oxygen atoms in total. The van der Waals surface area contributed by atoms with Crippen LogP contribution in [0, 0.1) is 5.82 Å². The Hall–Kier alpha value is -3.39. The van der Waals surface area contributed by atoms with Crippen molar-refractivity contribution in [1.82, 2.24) is 15.3 Å². The molecule has 9 heteroatoms. The molecule has 1 heterocycles. The third-order valence-electron chi connectivity index (χ3n) is 6.04. The van der Waals surface area contributed by atoms with Gasteiger partial charge >= 0.3 is 6.09 Å². The fourth-order valence-corrected chi connectivity index (χ4v) is 4.01. The van der Waals surface area contributed by atoms with Gasteiger partial charge in [0.25, 0.3) is 0 Å². The third kappa shape index (κ3) is 5.56. The number of hydrogen-bond donors (Lipinski definition) is 2. The number of ether oxygens (including phenoxy) is 2. The van der Waals surface area contributed by atoms with Crippen molar-refractivity contribution in [3.8, 4) is 11.5 Å². The second-order valence-corrected chi connectivity index (χ2v) is 9.09. The number of rotatable bonds is 8. The minimum Gasteiger partial charge on any atom is -0.490 e. The van der Waals surface area contributed by atoms with E-state index in [1.165, 1.54) is 0 Å². The number of hydrogen-bond acceptors (Lipinski definition) is 5. The summed E-state index contributed by atoms with van der Waals surface area (Å²) in [6.45, 7) is 4.21. The molecule has 0 radical (unpaired) electrons. The highest BCUT2D eigenvalue weighted by atomic mass is 35.5. The van der Waals surface area contributed by atoms with E-state index in [0.717, 1.165) is 23.1 Å². The molecular formula is C25H25ClFN3O4. The molecule has 178 valence electrons. The van der Waals surface area contributed by atoms with Crippen LogP contribution in [0.3, 0.4) is 0 Å². The second kappa shape index (κ2) is 9.85. The second-order valence-electron chi connectivity index (χ2n) is 8.75. The largest absolute Gasteiger partial charge is 0.490 e. The molecule has 1 aliphatic carbocycles. The molecule has 1 aliphatic rings. The zero-order valence-electron chi connectivity index (χ0n) is 18.8. The molecule has 0 unspecified atom stereocenters. The lowest BCUT2D eigenvalue weighted by Crippen LogP contribution is -2.48. The zero-order chi connectivity index (χ0) is 24.3. The fraction of sp³-hybridized carbons (Fsp3) is 0.320. The maximum atomic E-state index is 13.8. The van der Waals surface area contributed by atoms with Crippen molar-refractivity contribution in [2.45, 2.75) is 50.9 Å². The van der Waals surface area contributed by atoms with E-state index in [2.05, 4.69) is 29.1 Å². The average Bonchev–Trinajstić information content (AvgIpc) is 2.78. The molecule has 2 N–H and O–H groups in total. The first-order valence-electron chi connectivity index (χ1n) is 10.9. The van der Waals surface area contributed by atoms with Crippen LogP contribution in [0.25, 0.3) is 0 Å². The molecule has 34 heavy (non-hydrogen) atoms. The van der Waals surface area contributed by atoms with Crippen LogP contribution in [0.15, 0.2) is 54.7 Å².